The smallest absolute Gasteiger partial charge is 0.136 e. The van der Waals surface area contributed by atoms with Crippen molar-refractivity contribution in [2.75, 3.05) is 0 Å². The predicted molar refractivity (Wildman–Crippen MR) is 187 cm³/mol. The Hall–Kier alpha value is -5.60. The minimum Gasteiger partial charge on any atom is -0.464 e. The van der Waals surface area contributed by atoms with Crippen LogP contribution in [0.15, 0.2) is 142 Å². The molecule has 0 N–H and O–H groups in total. The van der Waals surface area contributed by atoms with Crippen LogP contribution in [0.25, 0.3) is 87.8 Å². The van der Waals surface area contributed by atoms with E-state index in [1.165, 1.54) is 65.9 Å². The third-order valence-corrected chi connectivity index (χ3v) is 10.1. The van der Waals surface area contributed by atoms with Gasteiger partial charge in [-0.25, -0.2) is 0 Å². The summed E-state index contributed by atoms with van der Waals surface area (Å²) in [6, 6.07) is 46.2. The van der Waals surface area contributed by atoms with Crippen molar-refractivity contribution in [3.63, 3.8) is 0 Å². The molecule has 0 radical (unpaired) electrons. The highest BCUT2D eigenvalue weighted by Crippen LogP contribution is 2.53. The van der Waals surface area contributed by atoms with Crippen LogP contribution < -0.4 is 0 Å². The maximum atomic E-state index is 6.52. The van der Waals surface area contributed by atoms with E-state index in [2.05, 4.69) is 135 Å². The molecule has 1 aliphatic rings. The Bertz CT molecular complexity index is 2620. The van der Waals surface area contributed by atoms with Gasteiger partial charge in [-0.05, 0) is 96.4 Å². The number of fused-ring (bicyclic) bond motifs is 10. The summed E-state index contributed by atoms with van der Waals surface area (Å²) in [7, 11) is 0. The molecule has 212 valence electrons. The molecular formula is C43H28O2. The summed E-state index contributed by atoms with van der Waals surface area (Å²) in [6.45, 7) is 4.67. The van der Waals surface area contributed by atoms with Crippen molar-refractivity contribution in [1.82, 2.24) is 0 Å². The molecule has 2 heteroatoms. The quantitative estimate of drug-likeness (QED) is 0.191. The second-order valence-corrected chi connectivity index (χ2v) is 12.9. The fraction of sp³-hybridized carbons (Fsp3) is 0.0698. The third kappa shape index (κ3) is 3.29. The molecule has 0 fully saturated rings. The third-order valence-electron chi connectivity index (χ3n) is 10.1. The van der Waals surface area contributed by atoms with Crippen LogP contribution in [-0.2, 0) is 5.41 Å². The molecule has 10 rings (SSSR count). The van der Waals surface area contributed by atoms with Crippen LogP contribution in [0.2, 0.25) is 0 Å². The van der Waals surface area contributed by atoms with Gasteiger partial charge >= 0.3 is 0 Å². The molecule has 0 saturated carbocycles. The van der Waals surface area contributed by atoms with Gasteiger partial charge in [-0.3, -0.25) is 0 Å². The van der Waals surface area contributed by atoms with Crippen LogP contribution in [0, 0.1) is 0 Å². The summed E-state index contributed by atoms with van der Waals surface area (Å²) in [4.78, 5) is 0. The molecule has 7 aromatic carbocycles. The highest BCUT2D eigenvalue weighted by atomic mass is 16.3. The standard InChI is InChI=1S/C43H28O2/c1-43(2)34-14-8-7-13-32(34)41-35(43)18-20-37-42(41)33-23-26(17-19-36(33)45-37)39-28-9-3-5-11-30(28)40(31-12-6-4-10-29(31)39)27-16-15-25-21-22-44-38(25)24-27/h3-24H,1-2H3. The van der Waals surface area contributed by atoms with Gasteiger partial charge in [0.25, 0.3) is 0 Å². The molecule has 0 amide bonds. The van der Waals surface area contributed by atoms with Crippen molar-refractivity contribution >= 4 is 54.5 Å². The molecule has 1 aliphatic carbocycles. The Morgan fingerprint density at radius 1 is 0.467 bits per heavy atom. The van der Waals surface area contributed by atoms with Crippen molar-refractivity contribution < 1.29 is 8.83 Å². The Balaban J connectivity index is 1.30. The van der Waals surface area contributed by atoms with Crippen LogP contribution in [0.4, 0.5) is 0 Å². The molecule has 0 aliphatic heterocycles. The average molecular weight is 577 g/mol. The zero-order valence-electron chi connectivity index (χ0n) is 25.0. The molecule has 0 saturated heterocycles. The molecule has 2 aromatic heterocycles. The van der Waals surface area contributed by atoms with E-state index in [1.807, 2.05) is 6.07 Å². The first-order valence-corrected chi connectivity index (χ1v) is 15.6. The monoisotopic (exact) mass is 576 g/mol. The van der Waals surface area contributed by atoms with Gasteiger partial charge in [0.05, 0.1) is 6.26 Å². The molecule has 0 unspecified atom stereocenters. The van der Waals surface area contributed by atoms with E-state index in [9.17, 15) is 0 Å². The first-order valence-electron chi connectivity index (χ1n) is 15.6. The van der Waals surface area contributed by atoms with Crippen LogP contribution >= 0.6 is 0 Å². The van der Waals surface area contributed by atoms with E-state index in [0.29, 0.717) is 0 Å². The molecule has 0 bridgehead atoms. The maximum Gasteiger partial charge on any atom is 0.136 e. The second-order valence-electron chi connectivity index (χ2n) is 12.9. The van der Waals surface area contributed by atoms with Crippen LogP contribution in [0.3, 0.4) is 0 Å². The van der Waals surface area contributed by atoms with Gasteiger partial charge in [0.2, 0.25) is 0 Å². The minimum absolute atomic E-state index is 0.0672. The van der Waals surface area contributed by atoms with E-state index in [-0.39, 0.29) is 5.41 Å². The van der Waals surface area contributed by atoms with E-state index in [0.717, 1.165) is 33.1 Å². The Kier molecular flexibility index (Phi) is 4.82. The Morgan fingerprint density at radius 3 is 1.82 bits per heavy atom. The van der Waals surface area contributed by atoms with Crippen LogP contribution in [-0.4, -0.2) is 0 Å². The van der Waals surface area contributed by atoms with Crippen molar-refractivity contribution in [2.45, 2.75) is 19.3 Å². The molecule has 2 nitrogen and oxygen atoms in total. The van der Waals surface area contributed by atoms with Gasteiger partial charge < -0.3 is 8.83 Å². The normalized spacial score (nSPS) is 13.7. The van der Waals surface area contributed by atoms with Gasteiger partial charge in [0, 0.05) is 21.6 Å². The summed E-state index contributed by atoms with van der Waals surface area (Å²) >= 11 is 0. The minimum atomic E-state index is -0.0672. The largest absolute Gasteiger partial charge is 0.464 e. The summed E-state index contributed by atoms with van der Waals surface area (Å²) in [5, 5.41) is 8.40. The van der Waals surface area contributed by atoms with E-state index in [4.69, 9.17) is 8.83 Å². The highest BCUT2D eigenvalue weighted by molar-refractivity contribution is 6.23. The molecule has 2 heterocycles. The lowest BCUT2D eigenvalue weighted by Crippen LogP contribution is -2.14. The zero-order chi connectivity index (χ0) is 29.9. The number of furan rings is 2. The predicted octanol–water partition coefficient (Wildman–Crippen LogP) is 12.3. The second kappa shape index (κ2) is 8.74. The first-order chi connectivity index (χ1) is 22.1. The van der Waals surface area contributed by atoms with Gasteiger partial charge in [-0.2, -0.15) is 0 Å². The molecule has 9 aromatic rings. The van der Waals surface area contributed by atoms with E-state index < -0.39 is 0 Å². The maximum absolute atomic E-state index is 6.52. The van der Waals surface area contributed by atoms with Crippen LogP contribution in [0.5, 0.6) is 0 Å². The molecule has 45 heavy (non-hydrogen) atoms. The summed E-state index contributed by atoms with van der Waals surface area (Å²) in [6.07, 6.45) is 1.76. The lowest BCUT2D eigenvalue weighted by atomic mass is 9.82. The fourth-order valence-corrected chi connectivity index (χ4v) is 8.08. The molecule has 0 atom stereocenters. The van der Waals surface area contributed by atoms with E-state index in [1.54, 1.807) is 6.26 Å². The van der Waals surface area contributed by atoms with Crippen molar-refractivity contribution in [2.24, 2.45) is 0 Å². The van der Waals surface area contributed by atoms with Crippen molar-refractivity contribution in [1.29, 1.82) is 0 Å². The number of hydrogen-bond donors (Lipinski definition) is 0. The number of rotatable bonds is 2. The number of benzene rings is 7. The van der Waals surface area contributed by atoms with E-state index >= 15 is 0 Å². The summed E-state index contributed by atoms with van der Waals surface area (Å²) in [5.74, 6) is 0. The van der Waals surface area contributed by atoms with Gasteiger partial charge in [0.15, 0.2) is 0 Å². The average Bonchev–Trinajstić information content (AvgIpc) is 3.76. The zero-order valence-corrected chi connectivity index (χ0v) is 25.0. The van der Waals surface area contributed by atoms with Crippen LogP contribution in [0.1, 0.15) is 25.0 Å². The SMILES string of the molecule is CC1(C)c2ccccc2-c2c1ccc1oc3ccc(-c4c5ccccc5c(-c5ccc6ccoc6c5)c5ccccc45)cc3c21. The first kappa shape index (κ1) is 24.8. The number of hydrogen-bond acceptors (Lipinski definition) is 2. The molecular weight excluding hydrogens is 548 g/mol. The van der Waals surface area contributed by atoms with Gasteiger partial charge in [0.1, 0.15) is 16.7 Å². The van der Waals surface area contributed by atoms with Crippen molar-refractivity contribution in [3.8, 4) is 33.4 Å². The summed E-state index contributed by atoms with van der Waals surface area (Å²) < 4.78 is 12.3. The van der Waals surface area contributed by atoms with Crippen molar-refractivity contribution in [3.05, 3.63) is 145 Å². The topological polar surface area (TPSA) is 26.3 Å². The summed E-state index contributed by atoms with van der Waals surface area (Å²) in [5.41, 5.74) is 12.9. The van der Waals surface area contributed by atoms with Gasteiger partial charge in [-0.1, -0.05) is 111 Å². The lowest BCUT2D eigenvalue weighted by molar-refractivity contribution is 0.616. The fourth-order valence-electron chi connectivity index (χ4n) is 8.08. The van der Waals surface area contributed by atoms with Gasteiger partial charge in [-0.15, -0.1) is 0 Å². The Morgan fingerprint density at radius 2 is 1.09 bits per heavy atom. The Labute approximate surface area is 260 Å². The lowest BCUT2D eigenvalue weighted by Gasteiger charge is -2.21. The highest BCUT2D eigenvalue weighted by Gasteiger charge is 2.37. The molecule has 0 spiro atoms.